The van der Waals surface area contributed by atoms with Crippen LogP contribution in [0.1, 0.15) is 26.7 Å². The van der Waals surface area contributed by atoms with Gasteiger partial charge in [0, 0.05) is 37.4 Å². The molecule has 1 aromatic carbocycles. The highest BCUT2D eigenvalue weighted by molar-refractivity contribution is 5.66. The SMILES string of the molecule is CCN(CC)c1ccc(NCCCC(=O)O)cc1. The van der Waals surface area contributed by atoms with Gasteiger partial charge >= 0.3 is 5.97 Å². The number of carbonyl (C=O) groups is 1. The van der Waals surface area contributed by atoms with Crippen molar-refractivity contribution in [2.45, 2.75) is 26.7 Å². The van der Waals surface area contributed by atoms with Crippen molar-refractivity contribution in [2.24, 2.45) is 0 Å². The van der Waals surface area contributed by atoms with Gasteiger partial charge in [-0.1, -0.05) is 0 Å². The monoisotopic (exact) mass is 250 g/mol. The molecule has 0 atom stereocenters. The van der Waals surface area contributed by atoms with Crippen LogP contribution in [0.15, 0.2) is 24.3 Å². The Balaban J connectivity index is 2.42. The van der Waals surface area contributed by atoms with Crippen LogP contribution in [0.4, 0.5) is 11.4 Å². The minimum atomic E-state index is -0.742. The number of aliphatic carboxylic acids is 1. The van der Waals surface area contributed by atoms with E-state index in [0.717, 1.165) is 18.8 Å². The van der Waals surface area contributed by atoms with Crippen LogP contribution in [-0.2, 0) is 4.79 Å². The van der Waals surface area contributed by atoms with Crippen LogP contribution in [0.25, 0.3) is 0 Å². The van der Waals surface area contributed by atoms with Gasteiger partial charge in [-0.05, 0) is 44.5 Å². The van der Waals surface area contributed by atoms with Crippen LogP contribution >= 0.6 is 0 Å². The summed E-state index contributed by atoms with van der Waals surface area (Å²) in [6, 6.07) is 8.25. The second kappa shape index (κ2) is 7.58. The Bertz CT molecular complexity index is 359. The summed E-state index contributed by atoms with van der Waals surface area (Å²) in [6.07, 6.45) is 0.859. The topological polar surface area (TPSA) is 52.6 Å². The summed E-state index contributed by atoms with van der Waals surface area (Å²) in [5, 5.41) is 11.7. The Morgan fingerprint density at radius 2 is 1.83 bits per heavy atom. The number of rotatable bonds is 8. The Labute approximate surface area is 109 Å². The zero-order valence-corrected chi connectivity index (χ0v) is 11.1. The number of carboxylic acid groups (broad SMARTS) is 1. The van der Waals surface area contributed by atoms with E-state index in [-0.39, 0.29) is 6.42 Å². The van der Waals surface area contributed by atoms with E-state index in [1.807, 2.05) is 12.1 Å². The molecule has 100 valence electrons. The molecule has 0 saturated heterocycles. The molecule has 18 heavy (non-hydrogen) atoms. The highest BCUT2D eigenvalue weighted by Crippen LogP contribution is 2.17. The molecule has 4 heteroatoms. The van der Waals surface area contributed by atoms with Crippen LogP contribution in [0.2, 0.25) is 0 Å². The number of hydrogen-bond acceptors (Lipinski definition) is 3. The van der Waals surface area contributed by atoms with Gasteiger partial charge in [0.1, 0.15) is 0 Å². The molecule has 0 spiro atoms. The summed E-state index contributed by atoms with van der Waals surface area (Å²) in [5.41, 5.74) is 2.26. The van der Waals surface area contributed by atoms with E-state index < -0.39 is 5.97 Å². The smallest absolute Gasteiger partial charge is 0.303 e. The molecule has 0 bridgehead atoms. The van der Waals surface area contributed by atoms with E-state index in [4.69, 9.17) is 5.11 Å². The van der Waals surface area contributed by atoms with Crippen LogP contribution < -0.4 is 10.2 Å². The van der Waals surface area contributed by atoms with Crippen LogP contribution in [0.5, 0.6) is 0 Å². The van der Waals surface area contributed by atoms with Crippen LogP contribution in [-0.4, -0.2) is 30.7 Å². The predicted octanol–water partition coefficient (Wildman–Crippen LogP) is 2.81. The van der Waals surface area contributed by atoms with E-state index in [1.54, 1.807) is 0 Å². The van der Waals surface area contributed by atoms with Gasteiger partial charge in [-0.25, -0.2) is 0 Å². The first-order valence-electron chi connectivity index (χ1n) is 6.48. The van der Waals surface area contributed by atoms with E-state index >= 15 is 0 Å². The number of anilines is 2. The summed E-state index contributed by atoms with van der Waals surface area (Å²) in [4.78, 5) is 12.6. The number of nitrogens with zero attached hydrogens (tertiary/aromatic N) is 1. The molecule has 0 amide bonds. The second-order valence-electron chi connectivity index (χ2n) is 4.14. The molecule has 0 saturated carbocycles. The molecule has 2 N–H and O–H groups in total. The van der Waals surface area contributed by atoms with Gasteiger partial charge in [0.25, 0.3) is 0 Å². The number of nitrogens with one attached hydrogen (secondary N) is 1. The quantitative estimate of drug-likeness (QED) is 0.697. The minimum absolute atomic E-state index is 0.213. The molecule has 0 aromatic heterocycles. The average molecular weight is 250 g/mol. The largest absolute Gasteiger partial charge is 0.481 e. The lowest BCUT2D eigenvalue weighted by Gasteiger charge is -2.21. The molecule has 0 radical (unpaired) electrons. The molecule has 1 rings (SSSR count). The Morgan fingerprint density at radius 3 is 2.33 bits per heavy atom. The van der Waals surface area contributed by atoms with Crippen molar-refractivity contribution in [3.05, 3.63) is 24.3 Å². The minimum Gasteiger partial charge on any atom is -0.481 e. The highest BCUT2D eigenvalue weighted by Gasteiger charge is 2.01. The third kappa shape index (κ3) is 4.65. The first-order valence-corrected chi connectivity index (χ1v) is 6.48. The van der Waals surface area contributed by atoms with Gasteiger partial charge in [0.15, 0.2) is 0 Å². The molecule has 0 aliphatic rings. The summed E-state index contributed by atoms with van der Waals surface area (Å²) >= 11 is 0. The molecule has 4 nitrogen and oxygen atoms in total. The molecule has 0 aliphatic heterocycles. The van der Waals surface area contributed by atoms with E-state index in [2.05, 4.69) is 36.2 Å². The zero-order chi connectivity index (χ0) is 13.4. The van der Waals surface area contributed by atoms with E-state index in [1.165, 1.54) is 5.69 Å². The lowest BCUT2D eigenvalue weighted by Crippen LogP contribution is -2.21. The van der Waals surface area contributed by atoms with Crippen molar-refractivity contribution in [3.8, 4) is 0 Å². The normalized spacial score (nSPS) is 10.1. The maximum Gasteiger partial charge on any atom is 0.303 e. The fourth-order valence-corrected chi connectivity index (χ4v) is 1.85. The predicted molar refractivity (Wildman–Crippen MR) is 75.4 cm³/mol. The first-order chi connectivity index (χ1) is 8.67. The van der Waals surface area contributed by atoms with Crippen LogP contribution in [0.3, 0.4) is 0 Å². The lowest BCUT2D eigenvalue weighted by atomic mass is 10.2. The standard InChI is InChI=1S/C14H22N2O2/c1-3-16(4-2)13-9-7-12(8-10-13)15-11-5-6-14(17)18/h7-10,15H,3-6,11H2,1-2H3,(H,17,18). The molecule has 0 fully saturated rings. The Morgan fingerprint density at radius 1 is 1.22 bits per heavy atom. The average Bonchev–Trinajstić information content (AvgIpc) is 2.37. The summed E-state index contributed by atoms with van der Waals surface area (Å²) in [5.74, 6) is -0.742. The number of carboxylic acids is 1. The second-order valence-corrected chi connectivity index (χ2v) is 4.14. The van der Waals surface area contributed by atoms with Crippen LogP contribution in [0, 0.1) is 0 Å². The van der Waals surface area contributed by atoms with Gasteiger partial charge in [-0.15, -0.1) is 0 Å². The summed E-state index contributed by atoms with van der Waals surface area (Å²) in [6.45, 7) is 6.98. The fraction of sp³-hybridized carbons (Fsp3) is 0.500. The highest BCUT2D eigenvalue weighted by atomic mass is 16.4. The maximum atomic E-state index is 10.4. The number of benzene rings is 1. The van der Waals surface area contributed by atoms with Crippen molar-refractivity contribution in [1.82, 2.24) is 0 Å². The third-order valence-electron chi connectivity index (χ3n) is 2.89. The molecule has 0 unspecified atom stereocenters. The molecule has 0 aliphatic carbocycles. The maximum absolute atomic E-state index is 10.4. The fourth-order valence-electron chi connectivity index (χ4n) is 1.85. The number of hydrogen-bond donors (Lipinski definition) is 2. The van der Waals surface area contributed by atoms with E-state index in [9.17, 15) is 4.79 Å². The lowest BCUT2D eigenvalue weighted by molar-refractivity contribution is -0.137. The van der Waals surface area contributed by atoms with Gasteiger partial charge in [0.2, 0.25) is 0 Å². The van der Waals surface area contributed by atoms with Gasteiger partial charge in [-0.2, -0.15) is 0 Å². The zero-order valence-electron chi connectivity index (χ0n) is 11.1. The summed E-state index contributed by atoms with van der Waals surface area (Å²) in [7, 11) is 0. The van der Waals surface area contributed by atoms with E-state index in [0.29, 0.717) is 13.0 Å². The Hall–Kier alpha value is -1.71. The first kappa shape index (κ1) is 14.4. The van der Waals surface area contributed by atoms with Crippen molar-refractivity contribution in [1.29, 1.82) is 0 Å². The third-order valence-corrected chi connectivity index (χ3v) is 2.89. The van der Waals surface area contributed by atoms with Gasteiger partial charge < -0.3 is 15.3 Å². The molecular formula is C14H22N2O2. The van der Waals surface area contributed by atoms with Crippen molar-refractivity contribution in [2.75, 3.05) is 29.9 Å². The molecule has 0 heterocycles. The molecular weight excluding hydrogens is 228 g/mol. The van der Waals surface area contributed by atoms with Gasteiger partial charge in [-0.3, -0.25) is 4.79 Å². The summed E-state index contributed by atoms with van der Waals surface area (Å²) < 4.78 is 0. The van der Waals surface area contributed by atoms with Crippen molar-refractivity contribution >= 4 is 17.3 Å². The molecule has 1 aromatic rings. The van der Waals surface area contributed by atoms with Crippen molar-refractivity contribution < 1.29 is 9.90 Å². The Kier molecular flexibility index (Phi) is 6.05. The van der Waals surface area contributed by atoms with Gasteiger partial charge in [0.05, 0.1) is 0 Å². The van der Waals surface area contributed by atoms with Crippen molar-refractivity contribution in [3.63, 3.8) is 0 Å².